The van der Waals surface area contributed by atoms with Crippen LogP contribution in [0.15, 0.2) is 9.98 Å². The first-order valence-electron chi connectivity index (χ1n) is 5.35. The van der Waals surface area contributed by atoms with E-state index in [1.807, 2.05) is 6.92 Å². The number of hydrogen-bond donors (Lipinski definition) is 3. The quantitative estimate of drug-likeness (QED) is 0.770. The van der Waals surface area contributed by atoms with E-state index in [4.69, 9.17) is 5.11 Å². The van der Waals surface area contributed by atoms with E-state index in [0.29, 0.717) is 11.6 Å². The summed E-state index contributed by atoms with van der Waals surface area (Å²) in [5.74, 6) is -1.18. The van der Waals surface area contributed by atoms with E-state index in [9.17, 15) is 9.59 Å². The molecule has 1 aromatic heterocycles. The van der Waals surface area contributed by atoms with Crippen LogP contribution in [0.1, 0.15) is 20.3 Å². The highest BCUT2D eigenvalue weighted by Crippen LogP contribution is 2.22. The van der Waals surface area contributed by atoms with Crippen LogP contribution >= 0.6 is 27.3 Å². The molecule has 2 amide bonds. The van der Waals surface area contributed by atoms with E-state index in [2.05, 4.69) is 31.5 Å². The van der Waals surface area contributed by atoms with Gasteiger partial charge in [-0.2, -0.15) is 0 Å². The Kier molecular flexibility index (Phi) is 5.54. The topological polar surface area (TPSA) is 91.3 Å². The zero-order valence-corrected chi connectivity index (χ0v) is 12.3. The van der Waals surface area contributed by atoms with Crippen LogP contribution in [0.3, 0.4) is 0 Å². The van der Waals surface area contributed by atoms with Gasteiger partial charge in [-0.15, -0.1) is 0 Å². The molecule has 0 bridgehead atoms. The molecule has 0 radical (unpaired) electrons. The average molecular weight is 336 g/mol. The van der Waals surface area contributed by atoms with Gasteiger partial charge in [0.2, 0.25) is 0 Å². The number of anilines is 1. The molecular weight excluding hydrogens is 322 g/mol. The number of aliphatic carboxylic acids is 1. The molecule has 0 saturated carbocycles. The molecule has 0 aliphatic heterocycles. The largest absolute Gasteiger partial charge is 0.480 e. The molecule has 18 heavy (non-hydrogen) atoms. The molecule has 0 fully saturated rings. The SMILES string of the molecule is CC[C@H](C)[C@H](NC(=O)Nc1ncc(Br)s1)C(=O)O. The summed E-state index contributed by atoms with van der Waals surface area (Å²) < 4.78 is 0.787. The van der Waals surface area contributed by atoms with Gasteiger partial charge in [-0.25, -0.2) is 14.6 Å². The zero-order valence-electron chi connectivity index (χ0n) is 9.94. The number of carbonyl (C=O) groups excluding carboxylic acids is 1. The first-order valence-corrected chi connectivity index (χ1v) is 6.96. The second-order valence-corrected chi connectivity index (χ2v) is 6.18. The van der Waals surface area contributed by atoms with Gasteiger partial charge >= 0.3 is 12.0 Å². The van der Waals surface area contributed by atoms with Crippen LogP contribution in [-0.2, 0) is 4.79 Å². The number of thiazole rings is 1. The summed E-state index contributed by atoms with van der Waals surface area (Å²) in [5, 5.41) is 14.4. The van der Waals surface area contributed by atoms with Crippen LogP contribution in [0.5, 0.6) is 0 Å². The number of hydrogen-bond acceptors (Lipinski definition) is 4. The number of nitrogens with one attached hydrogen (secondary N) is 2. The Labute approximate surface area is 117 Å². The molecule has 6 nitrogen and oxygen atoms in total. The van der Waals surface area contributed by atoms with Gasteiger partial charge in [0.1, 0.15) is 6.04 Å². The third-order valence-electron chi connectivity index (χ3n) is 2.46. The van der Waals surface area contributed by atoms with Crippen molar-refractivity contribution in [2.45, 2.75) is 26.3 Å². The number of carboxylic acids is 1. The first-order chi connectivity index (χ1) is 8.43. The van der Waals surface area contributed by atoms with Crippen molar-refractivity contribution in [1.82, 2.24) is 10.3 Å². The number of amides is 2. The second kappa shape index (κ2) is 6.69. The highest BCUT2D eigenvalue weighted by molar-refractivity contribution is 9.11. The van der Waals surface area contributed by atoms with E-state index in [1.54, 1.807) is 13.1 Å². The Morgan fingerprint density at radius 2 is 2.28 bits per heavy atom. The molecule has 0 aliphatic carbocycles. The highest BCUT2D eigenvalue weighted by atomic mass is 79.9. The fraction of sp³-hybridized carbons (Fsp3) is 0.500. The molecule has 0 saturated heterocycles. The molecule has 2 atom stereocenters. The lowest BCUT2D eigenvalue weighted by atomic mass is 10.00. The van der Waals surface area contributed by atoms with E-state index in [1.165, 1.54) is 11.3 Å². The van der Waals surface area contributed by atoms with Crippen molar-refractivity contribution < 1.29 is 14.7 Å². The molecule has 1 aromatic rings. The third kappa shape index (κ3) is 4.26. The Hall–Kier alpha value is -1.15. The molecule has 0 spiro atoms. The minimum absolute atomic E-state index is 0.142. The Bertz CT molecular complexity index is 438. The maximum atomic E-state index is 11.6. The van der Waals surface area contributed by atoms with Gasteiger partial charge in [0, 0.05) is 0 Å². The van der Waals surface area contributed by atoms with E-state index in [0.717, 1.165) is 3.79 Å². The number of aromatic nitrogens is 1. The fourth-order valence-corrected chi connectivity index (χ4v) is 2.37. The molecule has 1 rings (SSSR count). The lowest BCUT2D eigenvalue weighted by Crippen LogP contribution is -2.46. The Balaban J connectivity index is 2.59. The Morgan fingerprint density at radius 3 is 2.72 bits per heavy atom. The zero-order chi connectivity index (χ0) is 13.7. The maximum Gasteiger partial charge on any atom is 0.326 e. The van der Waals surface area contributed by atoms with E-state index in [-0.39, 0.29) is 5.92 Å². The Morgan fingerprint density at radius 1 is 1.61 bits per heavy atom. The summed E-state index contributed by atoms with van der Waals surface area (Å²) in [7, 11) is 0. The predicted octanol–water partition coefficient (Wildman–Crippen LogP) is 2.53. The van der Waals surface area contributed by atoms with Crippen molar-refractivity contribution >= 4 is 44.4 Å². The highest BCUT2D eigenvalue weighted by Gasteiger charge is 2.25. The lowest BCUT2D eigenvalue weighted by Gasteiger charge is -2.19. The van der Waals surface area contributed by atoms with Gasteiger partial charge in [-0.3, -0.25) is 5.32 Å². The third-order valence-corrected chi connectivity index (χ3v) is 3.86. The second-order valence-electron chi connectivity index (χ2n) is 3.77. The van der Waals surface area contributed by atoms with Gasteiger partial charge in [0.05, 0.1) is 9.98 Å². The number of carbonyl (C=O) groups is 2. The van der Waals surface area contributed by atoms with E-state index >= 15 is 0 Å². The number of nitrogens with zero attached hydrogens (tertiary/aromatic N) is 1. The molecule has 0 unspecified atom stereocenters. The molecule has 8 heteroatoms. The molecule has 0 aliphatic rings. The monoisotopic (exact) mass is 335 g/mol. The average Bonchev–Trinajstić information content (AvgIpc) is 2.70. The summed E-state index contributed by atoms with van der Waals surface area (Å²) >= 11 is 4.47. The van der Waals surface area contributed by atoms with Crippen molar-refractivity contribution in [2.75, 3.05) is 5.32 Å². The van der Waals surface area contributed by atoms with Gasteiger partial charge in [0.15, 0.2) is 5.13 Å². The van der Waals surface area contributed by atoms with Crippen LogP contribution in [0.25, 0.3) is 0 Å². The van der Waals surface area contributed by atoms with Crippen LogP contribution in [0, 0.1) is 5.92 Å². The van der Waals surface area contributed by atoms with E-state index < -0.39 is 18.0 Å². The summed E-state index contributed by atoms with van der Waals surface area (Å²) in [6.45, 7) is 3.65. The molecular formula is C10H14BrN3O3S. The lowest BCUT2D eigenvalue weighted by molar-refractivity contribution is -0.140. The summed E-state index contributed by atoms with van der Waals surface area (Å²) in [5.41, 5.74) is 0. The molecule has 100 valence electrons. The van der Waals surface area contributed by atoms with Crippen molar-refractivity contribution in [3.8, 4) is 0 Å². The van der Waals surface area contributed by atoms with Gasteiger partial charge < -0.3 is 10.4 Å². The smallest absolute Gasteiger partial charge is 0.326 e. The standard InChI is InChI=1S/C10H14BrN3O3S/c1-3-5(2)7(8(15)16)13-9(17)14-10-12-4-6(11)18-10/h4-5,7H,3H2,1-2H3,(H,15,16)(H2,12,13,14,17)/t5-,7-/m0/s1. The van der Waals surface area contributed by atoms with Gasteiger partial charge in [-0.05, 0) is 21.8 Å². The number of urea groups is 1. The molecule has 3 N–H and O–H groups in total. The minimum atomic E-state index is -1.04. The summed E-state index contributed by atoms with van der Waals surface area (Å²) in [6, 6.07) is -1.47. The van der Waals surface area contributed by atoms with Crippen molar-refractivity contribution in [2.24, 2.45) is 5.92 Å². The minimum Gasteiger partial charge on any atom is -0.480 e. The molecule has 0 aromatic carbocycles. The summed E-state index contributed by atoms with van der Waals surface area (Å²) in [4.78, 5) is 26.6. The summed E-state index contributed by atoms with van der Waals surface area (Å²) in [6.07, 6.45) is 2.23. The first kappa shape index (κ1) is 14.9. The van der Waals surface area contributed by atoms with Crippen molar-refractivity contribution in [1.29, 1.82) is 0 Å². The van der Waals surface area contributed by atoms with Crippen LogP contribution in [-0.4, -0.2) is 28.1 Å². The predicted molar refractivity (Wildman–Crippen MR) is 72.8 cm³/mol. The van der Waals surface area contributed by atoms with Crippen LogP contribution in [0.4, 0.5) is 9.93 Å². The number of rotatable bonds is 5. The number of carboxylic acid groups (broad SMARTS) is 1. The van der Waals surface area contributed by atoms with Crippen LogP contribution in [0.2, 0.25) is 0 Å². The number of halogens is 1. The van der Waals surface area contributed by atoms with Crippen LogP contribution < -0.4 is 10.6 Å². The van der Waals surface area contributed by atoms with Crippen molar-refractivity contribution in [3.05, 3.63) is 9.98 Å². The van der Waals surface area contributed by atoms with Gasteiger partial charge in [0.25, 0.3) is 0 Å². The van der Waals surface area contributed by atoms with Gasteiger partial charge in [-0.1, -0.05) is 31.6 Å². The fourth-order valence-electron chi connectivity index (χ4n) is 1.27. The van der Waals surface area contributed by atoms with Crippen molar-refractivity contribution in [3.63, 3.8) is 0 Å². The maximum absolute atomic E-state index is 11.6. The molecule has 1 heterocycles. The normalized spacial score (nSPS) is 13.7.